The van der Waals surface area contributed by atoms with Crippen molar-refractivity contribution in [1.82, 2.24) is 4.98 Å². The van der Waals surface area contributed by atoms with E-state index in [4.69, 9.17) is 4.42 Å². The van der Waals surface area contributed by atoms with Crippen LogP contribution < -0.4 is 4.90 Å². The minimum Gasteiger partial charge on any atom is -0.436 e. The number of fused-ring (bicyclic) bond motifs is 2. The first-order valence-corrected chi connectivity index (χ1v) is 8.17. The van der Waals surface area contributed by atoms with Gasteiger partial charge in [-0.15, -0.1) is 0 Å². The summed E-state index contributed by atoms with van der Waals surface area (Å²) in [7, 11) is 0. The van der Waals surface area contributed by atoms with E-state index in [0.717, 1.165) is 5.56 Å². The van der Waals surface area contributed by atoms with Crippen molar-refractivity contribution in [2.45, 2.75) is 0 Å². The zero-order valence-corrected chi connectivity index (χ0v) is 13.5. The Labute approximate surface area is 148 Å². The van der Waals surface area contributed by atoms with Crippen molar-refractivity contribution < 1.29 is 14.0 Å². The van der Waals surface area contributed by atoms with Crippen LogP contribution in [0.15, 0.2) is 77.2 Å². The molecule has 0 unspecified atom stereocenters. The van der Waals surface area contributed by atoms with Gasteiger partial charge in [0.2, 0.25) is 5.89 Å². The van der Waals surface area contributed by atoms with Gasteiger partial charge in [-0.05, 0) is 36.4 Å². The van der Waals surface area contributed by atoms with Crippen LogP contribution in [0.25, 0.3) is 22.6 Å². The molecule has 0 radical (unpaired) electrons. The number of hydrogen-bond donors (Lipinski definition) is 0. The standard InChI is InChI=1S/C21H12N2O3/c24-20-14-9-4-5-10-15(14)21(25)23(20)16-11-6-12-17-18(16)22-19(26-17)13-7-2-1-3-8-13/h1-12H. The predicted molar refractivity (Wildman–Crippen MR) is 97.0 cm³/mol. The number of rotatable bonds is 2. The van der Waals surface area contributed by atoms with Gasteiger partial charge in [-0.3, -0.25) is 9.59 Å². The van der Waals surface area contributed by atoms with Crippen LogP contribution >= 0.6 is 0 Å². The number of hydrogen-bond acceptors (Lipinski definition) is 4. The highest BCUT2D eigenvalue weighted by Gasteiger charge is 2.37. The van der Waals surface area contributed by atoms with Crippen molar-refractivity contribution in [3.8, 4) is 11.5 Å². The molecule has 124 valence electrons. The Morgan fingerprint density at radius 1 is 0.731 bits per heavy atom. The van der Waals surface area contributed by atoms with E-state index in [0.29, 0.717) is 33.8 Å². The molecule has 26 heavy (non-hydrogen) atoms. The lowest BCUT2D eigenvalue weighted by Gasteiger charge is -2.13. The first-order chi connectivity index (χ1) is 12.7. The van der Waals surface area contributed by atoms with Crippen molar-refractivity contribution in [3.63, 3.8) is 0 Å². The Kier molecular flexibility index (Phi) is 3.03. The summed E-state index contributed by atoms with van der Waals surface area (Å²) in [5, 5.41) is 0. The largest absolute Gasteiger partial charge is 0.436 e. The van der Waals surface area contributed by atoms with E-state index in [1.165, 1.54) is 4.90 Å². The Morgan fingerprint density at radius 2 is 1.38 bits per heavy atom. The first kappa shape index (κ1) is 14.6. The Bertz CT molecular complexity index is 1140. The SMILES string of the molecule is O=C1c2ccccc2C(=O)N1c1cccc2oc(-c3ccccc3)nc12. The van der Waals surface area contributed by atoms with E-state index in [1.54, 1.807) is 42.5 Å². The molecule has 5 rings (SSSR count). The molecule has 1 aliphatic rings. The van der Waals surface area contributed by atoms with Crippen LogP contribution in [0.5, 0.6) is 0 Å². The van der Waals surface area contributed by atoms with Crippen molar-refractivity contribution in [1.29, 1.82) is 0 Å². The molecule has 5 heteroatoms. The number of imide groups is 1. The summed E-state index contributed by atoms with van der Waals surface area (Å²) < 4.78 is 5.84. The number of anilines is 1. The molecule has 1 aromatic heterocycles. The van der Waals surface area contributed by atoms with Gasteiger partial charge in [0.05, 0.1) is 16.8 Å². The first-order valence-electron chi connectivity index (χ1n) is 8.17. The van der Waals surface area contributed by atoms with Gasteiger partial charge < -0.3 is 4.42 Å². The number of nitrogens with zero attached hydrogens (tertiary/aromatic N) is 2. The summed E-state index contributed by atoms with van der Waals surface area (Å²) in [4.78, 5) is 31.3. The summed E-state index contributed by atoms with van der Waals surface area (Å²) >= 11 is 0. The lowest BCUT2D eigenvalue weighted by Crippen LogP contribution is -2.29. The monoisotopic (exact) mass is 340 g/mol. The molecule has 5 nitrogen and oxygen atoms in total. The van der Waals surface area contributed by atoms with Crippen molar-refractivity contribution in [2.24, 2.45) is 0 Å². The molecule has 3 aromatic carbocycles. The van der Waals surface area contributed by atoms with Crippen LogP contribution in [0.4, 0.5) is 5.69 Å². The number of carbonyl (C=O) groups is 2. The number of aromatic nitrogens is 1. The second kappa shape index (κ2) is 5.39. The number of oxazole rings is 1. The van der Waals surface area contributed by atoms with Gasteiger partial charge in [0, 0.05) is 5.56 Å². The molecule has 2 heterocycles. The van der Waals surface area contributed by atoms with Crippen LogP contribution in [0.1, 0.15) is 20.7 Å². The summed E-state index contributed by atoms with van der Waals surface area (Å²) in [6.45, 7) is 0. The van der Waals surface area contributed by atoms with Crippen LogP contribution in [-0.4, -0.2) is 16.8 Å². The minimum atomic E-state index is -0.345. The molecule has 0 fully saturated rings. The summed E-state index contributed by atoms with van der Waals surface area (Å²) in [6, 6.07) is 21.6. The third kappa shape index (κ3) is 2.01. The maximum Gasteiger partial charge on any atom is 0.266 e. The highest BCUT2D eigenvalue weighted by Crippen LogP contribution is 2.35. The quantitative estimate of drug-likeness (QED) is 0.511. The molecule has 0 saturated carbocycles. The van der Waals surface area contributed by atoms with E-state index < -0.39 is 0 Å². The van der Waals surface area contributed by atoms with Crippen molar-refractivity contribution >= 4 is 28.6 Å². The molecule has 4 aromatic rings. The molecule has 0 N–H and O–H groups in total. The van der Waals surface area contributed by atoms with E-state index in [2.05, 4.69) is 4.98 Å². The number of para-hydroxylation sites is 1. The third-order valence-electron chi connectivity index (χ3n) is 4.45. The average Bonchev–Trinajstić information content (AvgIpc) is 3.23. The van der Waals surface area contributed by atoms with Crippen LogP contribution in [-0.2, 0) is 0 Å². The Balaban J connectivity index is 1.68. The van der Waals surface area contributed by atoms with Gasteiger partial charge in [-0.25, -0.2) is 9.88 Å². The Morgan fingerprint density at radius 3 is 2.08 bits per heavy atom. The lowest BCUT2D eigenvalue weighted by atomic mass is 10.1. The molecular formula is C21H12N2O3. The number of amides is 2. The van der Waals surface area contributed by atoms with E-state index in [1.807, 2.05) is 30.3 Å². The predicted octanol–water partition coefficient (Wildman–Crippen LogP) is 4.30. The zero-order chi connectivity index (χ0) is 17.7. The summed E-state index contributed by atoms with van der Waals surface area (Å²) in [5.41, 5.74) is 3.08. The molecule has 1 aliphatic heterocycles. The molecule has 0 bridgehead atoms. The van der Waals surface area contributed by atoms with Crippen LogP contribution in [0, 0.1) is 0 Å². The molecule has 0 aliphatic carbocycles. The summed E-state index contributed by atoms with van der Waals surface area (Å²) in [6.07, 6.45) is 0. The van der Waals surface area contributed by atoms with E-state index in [-0.39, 0.29) is 11.8 Å². The molecular weight excluding hydrogens is 328 g/mol. The lowest BCUT2D eigenvalue weighted by molar-refractivity contribution is 0.0926. The fourth-order valence-electron chi connectivity index (χ4n) is 3.23. The van der Waals surface area contributed by atoms with Crippen molar-refractivity contribution in [3.05, 3.63) is 83.9 Å². The van der Waals surface area contributed by atoms with Gasteiger partial charge in [-0.1, -0.05) is 36.4 Å². The van der Waals surface area contributed by atoms with Gasteiger partial charge >= 0.3 is 0 Å². The number of carbonyl (C=O) groups excluding carboxylic acids is 2. The van der Waals surface area contributed by atoms with Gasteiger partial charge in [0.25, 0.3) is 11.8 Å². The van der Waals surface area contributed by atoms with Gasteiger partial charge in [0.1, 0.15) is 5.52 Å². The van der Waals surface area contributed by atoms with Crippen LogP contribution in [0.3, 0.4) is 0 Å². The molecule has 0 spiro atoms. The van der Waals surface area contributed by atoms with E-state index >= 15 is 0 Å². The molecule has 0 saturated heterocycles. The third-order valence-corrected chi connectivity index (χ3v) is 4.45. The Hall–Kier alpha value is -3.73. The van der Waals surface area contributed by atoms with E-state index in [9.17, 15) is 9.59 Å². The fraction of sp³-hybridized carbons (Fsp3) is 0. The van der Waals surface area contributed by atoms with Crippen LogP contribution in [0.2, 0.25) is 0 Å². The maximum atomic E-state index is 12.8. The average molecular weight is 340 g/mol. The van der Waals surface area contributed by atoms with Gasteiger partial charge in [-0.2, -0.15) is 0 Å². The maximum absolute atomic E-state index is 12.8. The highest BCUT2D eigenvalue weighted by atomic mass is 16.3. The van der Waals surface area contributed by atoms with Crippen molar-refractivity contribution in [2.75, 3.05) is 4.90 Å². The smallest absolute Gasteiger partial charge is 0.266 e. The highest BCUT2D eigenvalue weighted by molar-refractivity contribution is 6.35. The summed E-state index contributed by atoms with van der Waals surface area (Å²) in [5.74, 6) is -0.241. The number of benzene rings is 3. The second-order valence-electron chi connectivity index (χ2n) is 6.00. The minimum absolute atomic E-state index is 0.345. The topological polar surface area (TPSA) is 63.4 Å². The van der Waals surface area contributed by atoms with Gasteiger partial charge in [0.15, 0.2) is 5.58 Å². The molecule has 0 atom stereocenters. The zero-order valence-electron chi connectivity index (χ0n) is 13.5. The second-order valence-corrected chi connectivity index (χ2v) is 6.00. The fourth-order valence-corrected chi connectivity index (χ4v) is 3.23. The normalized spacial score (nSPS) is 13.5. The molecule has 2 amide bonds.